The van der Waals surface area contributed by atoms with Crippen molar-refractivity contribution in [3.8, 4) is 11.5 Å². The first-order chi connectivity index (χ1) is 10.0. The van der Waals surface area contributed by atoms with Gasteiger partial charge in [-0.25, -0.2) is 0 Å². The molecule has 4 N–H and O–H groups in total. The van der Waals surface area contributed by atoms with Gasteiger partial charge in [0.25, 0.3) is 0 Å². The summed E-state index contributed by atoms with van der Waals surface area (Å²) in [6.45, 7) is 4.24. The van der Waals surface area contributed by atoms with Crippen LogP contribution in [0.5, 0.6) is 11.5 Å². The first-order valence-corrected chi connectivity index (χ1v) is 6.80. The van der Waals surface area contributed by atoms with Gasteiger partial charge in [0.05, 0.1) is 12.6 Å². The second-order valence-electron chi connectivity index (χ2n) is 5.12. The normalized spacial score (nSPS) is 19.2. The van der Waals surface area contributed by atoms with Gasteiger partial charge in [0, 0.05) is 12.5 Å². The van der Waals surface area contributed by atoms with E-state index in [0.29, 0.717) is 24.5 Å². The fourth-order valence-corrected chi connectivity index (χ4v) is 2.35. The number of benzene rings is 1. The number of phenolic OH excluding ortho intramolecular Hbond substituents is 1. The van der Waals surface area contributed by atoms with Gasteiger partial charge in [-0.15, -0.1) is 12.4 Å². The van der Waals surface area contributed by atoms with Gasteiger partial charge in [-0.05, 0) is 42.7 Å². The lowest BCUT2D eigenvalue weighted by Gasteiger charge is -2.19. The van der Waals surface area contributed by atoms with E-state index in [-0.39, 0.29) is 24.2 Å². The van der Waals surface area contributed by atoms with Crippen molar-refractivity contribution in [1.29, 1.82) is 0 Å². The summed E-state index contributed by atoms with van der Waals surface area (Å²) in [4.78, 5) is 0. The first-order valence-electron chi connectivity index (χ1n) is 6.80. The van der Waals surface area contributed by atoms with E-state index >= 15 is 0 Å². The third-order valence-corrected chi connectivity index (χ3v) is 3.47. The highest BCUT2D eigenvalue weighted by molar-refractivity contribution is 6.06. The van der Waals surface area contributed by atoms with Crippen LogP contribution in [0.3, 0.4) is 0 Å². The number of aromatic hydroxyl groups is 1. The summed E-state index contributed by atoms with van der Waals surface area (Å²) in [5, 5.41) is 21.8. The van der Waals surface area contributed by atoms with Crippen LogP contribution in [-0.2, 0) is 0 Å². The standard InChI is InChI=1S/C16H20N2O3.ClH/c1-10-7-13(19)9-14(8-10)21-6-5-12-3-4-15(17)16(18-20)11(12)2;/h3-4,7-9,15,19-20H,5-6,17H2,1-2H3;1H. The molecule has 1 atom stereocenters. The van der Waals surface area contributed by atoms with Crippen LogP contribution in [0.25, 0.3) is 0 Å². The highest BCUT2D eigenvalue weighted by Gasteiger charge is 2.18. The second kappa shape index (κ2) is 7.87. The molecule has 0 fully saturated rings. The summed E-state index contributed by atoms with van der Waals surface area (Å²) in [6, 6.07) is 4.76. The van der Waals surface area contributed by atoms with E-state index in [1.807, 2.05) is 26.0 Å². The lowest BCUT2D eigenvalue weighted by molar-refractivity contribution is 0.316. The number of nitrogens with zero attached hydrogens (tertiary/aromatic N) is 1. The van der Waals surface area contributed by atoms with Gasteiger partial charge in [-0.1, -0.05) is 17.3 Å². The second-order valence-corrected chi connectivity index (χ2v) is 5.12. The molecule has 0 heterocycles. The molecule has 0 aromatic heterocycles. The molecule has 0 radical (unpaired) electrons. The van der Waals surface area contributed by atoms with E-state index in [0.717, 1.165) is 16.7 Å². The molecule has 120 valence electrons. The summed E-state index contributed by atoms with van der Waals surface area (Å²) < 4.78 is 5.65. The van der Waals surface area contributed by atoms with E-state index in [1.165, 1.54) is 0 Å². The summed E-state index contributed by atoms with van der Waals surface area (Å²) >= 11 is 0. The minimum absolute atomic E-state index is 0. The molecule has 0 spiro atoms. The van der Waals surface area contributed by atoms with Gasteiger partial charge in [-0.2, -0.15) is 0 Å². The zero-order valence-electron chi connectivity index (χ0n) is 12.6. The van der Waals surface area contributed by atoms with Crippen molar-refractivity contribution in [3.05, 3.63) is 47.1 Å². The highest BCUT2D eigenvalue weighted by Crippen LogP contribution is 2.23. The largest absolute Gasteiger partial charge is 0.508 e. The highest BCUT2D eigenvalue weighted by atomic mass is 35.5. The smallest absolute Gasteiger partial charge is 0.123 e. The van der Waals surface area contributed by atoms with Crippen molar-refractivity contribution in [2.45, 2.75) is 26.3 Å². The molecule has 1 aromatic rings. The van der Waals surface area contributed by atoms with Crippen molar-refractivity contribution in [2.24, 2.45) is 10.9 Å². The molecule has 22 heavy (non-hydrogen) atoms. The fourth-order valence-electron chi connectivity index (χ4n) is 2.35. The Morgan fingerprint density at radius 1 is 1.27 bits per heavy atom. The summed E-state index contributed by atoms with van der Waals surface area (Å²) in [5.74, 6) is 0.830. The Kier molecular flexibility index (Phi) is 6.46. The number of allylic oxidation sites excluding steroid dienone is 1. The Hall–Kier alpha value is -1.98. The van der Waals surface area contributed by atoms with Crippen LogP contribution >= 0.6 is 12.4 Å². The lowest BCUT2D eigenvalue weighted by atomic mass is 9.92. The third-order valence-electron chi connectivity index (χ3n) is 3.47. The Morgan fingerprint density at radius 3 is 2.64 bits per heavy atom. The Bertz CT molecular complexity index is 604. The van der Waals surface area contributed by atoms with Crippen molar-refractivity contribution >= 4 is 18.1 Å². The number of hydrogen-bond donors (Lipinski definition) is 3. The number of oxime groups is 1. The molecule has 1 aliphatic rings. The topological polar surface area (TPSA) is 88.1 Å². The number of nitrogens with two attached hydrogens (primary N) is 1. The van der Waals surface area contributed by atoms with E-state index in [4.69, 9.17) is 15.7 Å². The summed E-state index contributed by atoms with van der Waals surface area (Å²) in [7, 11) is 0. The van der Waals surface area contributed by atoms with Crippen LogP contribution in [0.2, 0.25) is 0 Å². The molecular weight excluding hydrogens is 304 g/mol. The van der Waals surface area contributed by atoms with Gasteiger partial charge in [0.2, 0.25) is 0 Å². The zero-order chi connectivity index (χ0) is 15.4. The van der Waals surface area contributed by atoms with Gasteiger partial charge in [0.15, 0.2) is 0 Å². The maximum atomic E-state index is 9.52. The predicted molar refractivity (Wildman–Crippen MR) is 89.2 cm³/mol. The van der Waals surface area contributed by atoms with Gasteiger partial charge in [-0.3, -0.25) is 0 Å². The van der Waals surface area contributed by atoms with Crippen LogP contribution in [0, 0.1) is 6.92 Å². The van der Waals surface area contributed by atoms with E-state index < -0.39 is 0 Å². The van der Waals surface area contributed by atoms with E-state index in [2.05, 4.69) is 5.16 Å². The number of rotatable bonds is 4. The molecule has 0 bridgehead atoms. The van der Waals surface area contributed by atoms with Crippen LogP contribution < -0.4 is 10.5 Å². The van der Waals surface area contributed by atoms with Crippen LogP contribution in [-0.4, -0.2) is 28.7 Å². The average Bonchev–Trinajstić information content (AvgIpc) is 2.41. The SMILES string of the molecule is CC1=C(CCOc2cc(C)cc(O)c2)C=CC(N)C1=NO.Cl. The molecule has 0 aliphatic heterocycles. The van der Waals surface area contributed by atoms with Gasteiger partial charge in [0.1, 0.15) is 17.2 Å². The van der Waals surface area contributed by atoms with Crippen LogP contribution in [0.15, 0.2) is 46.7 Å². The van der Waals surface area contributed by atoms with Gasteiger partial charge < -0.3 is 20.8 Å². The molecule has 2 rings (SSSR count). The first kappa shape index (κ1) is 18.1. The molecular formula is C16H21ClN2O3. The fraction of sp³-hybridized carbons (Fsp3) is 0.312. The number of ether oxygens (including phenoxy) is 1. The number of halogens is 1. The minimum atomic E-state index is -0.367. The summed E-state index contributed by atoms with van der Waals surface area (Å²) in [5.41, 5.74) is 9.16. The van der Waals surface area contributed by atoms with Crippen LogP contribution in [0.4, 0.5) is 0 Å². The van der Waals surface area contributed by atoms with Gasteiger partial charge >= 0.3 is 0 Å². The van der Waals surface area contributed by atoms with Crippen LogP contribution in [0.1, 0.15) is 18.9 Å². The lowest BCUT2D eigenvalue weighted by Crippen LogP contribution is -2.32. The average molecular weight is 325 g/mol. The van der Waals surface area contributed by atoms with Crippen molar-refractivity contribution in [3.63, 3.8) is 0 Å². The maximum absolute atomic E-state index is 9.52. The molecule has 1 aromatic carbocycles. The molecule has 1 aliphatic carbocycles. The third kappa shape index (κ3) is 4.26. The van der Waals surface area contributed by atoms with Crippen molar-refractivity contribution < 1.29 is 15.1 Å². The zero-order valence-corrected chi connectivity index (χ0v) is 13.4. The Morgan fingerprint density at radius 2 is 2.00 bits per heavy atom. The van der Waals surface area contributed by atoms with Crippen molar-refractivity contribution in [2.75, 3.05) is 6.61 Å². The van der Waals surface area contributed by atoms with E-state index in [9.17, 15) is 5.11 Å². The van der Waals surface area contributed by atoms with Crippen molar-refractivity contribution in [1.82, 2.24) is 0 Å². The number of hydrogen-bond acceptors (Lipinski definition) is 5. The molecule has 5 nitrogen and oxygen atoms in total. The maximum Gasteiger partial charge on any atom is 0.123 e. The molecule has 1 unspecified atom stereocenters. The Labute approximate surface area is 136 Å². The molecule has 0 saturated heterocycles. The quantitative estimate of drug-likeness (QED) is 0.587. The van der Waals surface area contributed by atoms with E-state index in [1.54, 1.807) is 18.2 Å². The monoisotopic (exact) mass is 324 g/mol. The molecule has 0 saturated carbocycles. The summed E-state index contributed by atoms with van der Waals surface area (Å²) in [6.07, 6.45) is 4.41. The molecule has 0 amide bonds. The predicted octanol–water partition coefficient (Wildman–Crippen LogP) is 2.94. The Balaban J connectivity index is 0.00000242. The minimum Gasteiger partial charge on any atom is -0.508 e. The number of aryl methyl sites for hydroxylation is 1. The molecule has 6 heteroatoms. The number of phenols is 1.